The van der Waals surface area contributed by atoms with Gasteiger partial charge in [0.2, 0.25) is 0 Å². The molecule has 4 nitrogen and oxygen atoms in total. The molecule has 2 rings (SSSR count). The van der Waals surface area contributed by atoms with Crippen LogP contribution in [0.4, 0.5) is 4.39 Å². The number of aliphatic hydroxyl groups is 1. The number of ether oxygens (including phenoxy) is 2. The molecule has 0 amide bonds. The molecule has 0 bridgehead atoms. The van der Waals surface area contributed by atoms with Crippen LogP contribution in [0.3, 0.4) is 0 Å². The van der Waals surface area contributed by atoms with Crippen LogP contribution in [-0.4, -0.2) is 24.3 Å². The van der Waals surface area contributed by atoms with Crippen molar-refractivity contribution in [1.82, 2.24) is 4.98 Å². The molecule has 5 heteroatoms. The Bertz CT molecular complexity index is 592. The quantitative estimate of drug-likeness (QED) is 0.933. The molecule has 0 fully saturated rings. The molecule has 1 unspecified atom stereocenters. The van der Waals surface area contributed by atoms with E-state index >= 15 is 0 Å². The molecule has 20 heavy (non-hydrogen) atoms. The Kier molecular flexibility index (Phi) is 3.90. The van der Waals surface area contributed by atoms with E-state index < -0.39 is 11.4 Å². The van der Waals surface area contributed by atoms with Crippen LogP contribution in [0.15, 0.2) is 36.7 Å². The Hall–Kier alpha value is -2.14. The Labute approximate surface area is 116 Å². The fourth-order valence-electron chi connectivity index (χ4n) is 1.93. The molecule has 0 saturated carbocycles. The number of halogens is 1. The first kappa shape index (κ1) is 14.3. The predicted molar refractivity (Wildman–Crippen MR) is 72.4 cm³/mol. The molecule has 1 aromatic carbocycles. The van der Waals surface area contributed by atoms with Crippen molar-refractivity contribution < 1.29 is 19.0 Å². The van der Waals surface area contributed by atoms with Crippen molar-refractivity contribution in [3.63, 3.8) is 0 Å². The first-order chi connectivity index (χ1) is 9.47. The number of nitrogens with zero attached hydrogens (tertiary/aromatic N) is 1. The molecule has 0 aliphatic rings. The highest BCUT2D eigenvalue weighted by Crippen LogP contribution is 2.34. The number of benzene rings is 1. The zero-order valence-corrected chi connectivity index (χ0v) is 11.6. The molecule has 1 heterocycles. The van der Waals surface area contributed by atoms with Crippen LogP contribution in [0.25, 0.3) is 0 Å². The van der Waals surface area contributed by atoms with Crippen LogP contribution >= 0.6 is 0 Å². The second-order valence-corrected chi connectivity index (χ2v) is 4.57. The second-order valence-electron chi connectivity index (χ2n) is 4.57. The summed E-state index contributed by atoms with van der Waals surface area (Å²) in [5.74, 6) is 0.589. The predicted octanol–water partition coefficient (Wildman–Crippen LogP) is 2.49. The van der Waals surface area contributed by atoms with Gasteiger partial charge in [-0.1, -0.05) is 0 Å². The van der Waals surface area contributed by atoms with Crippen LogP contribution in [0.2, 0.25) is 0 Å². The molecule has 0 saturated heterocycles. The fraction of sp³-hybridized carbons (Fsp3) is 0.267. The van der Waals surface area contributed by atoms with Crippen molar-refractivity contribution >= 4 is 0 Å². The third kappa shape index (κ3) is 2.72. The standard InChI is InChI=1S/C15H16FNO3/c1-15(18,11-4-12(16)9-17-8-11)10-5-13(19-2)7-14(6-10)20-3/h4-9,18H,1-3H3. The second kappa shape index (κ2) is 5.46. The minimum atomic E-state index is -1.41. The molecular weight excluding hydrogens is 261 g/mol. The van der Waals surface area contributed by atoms with Gasteiger partial charge >= 0.3 is 0 Å². The topological polar surface area (TPSA) is 51.6 Å². The minimum Gasteiger partial charge on any atom is -0.497 e. The largest absolute Gasteiger partial charge is 0.497 e. The van der Waals surface area contributed by atoms with Gasteiger partial charge in [-0.05, 0) is 30.7 Å². The van der Waals surface area contributed by atoms with E-state index in [-0.39, 0.29) is 0 Å². The lowest BCUT2D eigenvalue weighted by Gasteiger charge is -2.25. The van der Waals surface area contributed by atoms with Crippen LogP contribution in [0.1, 0.15) is 18.1 Å². The van der Waals surface area contributed by atoms with Gasteiger partial charge in [-0.2, -0.15) is 0 Å². The summed E-state index contributed by atoms with van der Waals surface area (Å²) in [5, 5.41) is 10.7. The van der Waals surface area contributed by atoms with E-state index in [1.165, 1.54) is 26.5 Å². The molecule has 0 aliphatic carbocycles. The van der Waals surface area contributed by atoms with Gasteiger partial charge in [0, 0.05) is 17.8 Å². The van der Waals surface area contributed by atoms with Crippen LogP contribution < -0.4 is 9.47 Å². The van der Waals surface area contributed by atoms with E-state index in [9.17, 15) is 9.50 Å². The maximum Gasteiger partial charge on any atom is 0.141 e. The summed E-state index contributed by atoms with van der Waals surface area (Å²) in [6, 6.07) is 6.29. The molecule has 1 N–H and O–H groups in total. The molecule has 106 valence electrons. The summed E-state index contributed by atoms with van der Waals surface area (Å²) in [6.07, 6.45) is 2.51. The monoisotopic (exact) mass is 277 g/mol. The SMILES string of the molecule is COc1cc(OC)cc(C(C)(O)c2cncc(F)c2)c1. The van der Waals surface area contributed by atoms with Crippen molar-refractivity contribution in [3.05, 3.63) is 53.6 Å². The van der Waals surface area contributed by atoms with E-state index in [0.29, 0.717) is 22.6 Å². The van der Waals surface area contributed by atoms with Crippen molar-refractivity contribution in [1.29, 1.82) is 0 Å². The van der Waals surface area contributed by atoms with E-state index in [1.54, 1.807) is 25.1 Å². The summed E-state index contributed by atoms with van der Waals surface area (Å²) >= 11 is 0. The fourth-order valence-corrected chi connectivity index (χ4v) is 1.93. The number of pyridine rings is 1. The summed E-state index contributed by atoms with van der Waals surface area (Å²) in [4.78, 5) is 3.76. The van der Waals surface area contributed by atoms with Gasteiger partial charge < -0.3 is 14.6 Å². The van der Waals surface area contributed by atoms with Gasteiger partial charge in [-0.15, -0.1) is 0 Å². The number of hydrogen-bond acceptors (Lipinski definition) is 4. The third-order valence-corrected chi connectivity index (χ3v) is 3.18. The van der Waals surface area contributed by atoms with Gasteiger partial charge in [0.25, 0.3) is 0 Å². The molecule has 0 radical (unpaired) electrons. The number of aromatic nitrogens is 1. The van der Waals surface area contributed by atoms with Crippen LogP contribution in [0.5, 0.6) is 11.5 Å². The number of hydrogen-bond donors (Lipinski definition) is 1. The first-order valence-corrected chi connectivity index (χ1v) is 6.04. The molecule has 0 aliphatic heterocycles. The summed E-state index contributed by atoms with van der Waals surface area (Å²) < 4.78 is 23.6. The molecular formula is C15H16FNO3. The van der Waals surface area contributed by atoms with Crippen LogP contribution in [-0.2, 0) is 5.60 Å². The average Bonchev–Trinajstić information content (AvgIpc) is 2.46. The van der Waals surface area contributed by atoms with Crippen molar-refractivity contribution in [2.75, 3.05) is 14.2 Å². The van der Waals surface area contributed by atoms with E-state index in [0.717, 1.165) is 6.20 Å². The average molecular weight is 277 g/mol. The molecule has 2 aromatic rings. The van der Waals surface area contributed by atoms with Gasteiger partial charge in [0.15, 0.2) is 0 Å². The Morgan fingerprint density at radius 1 is 1.00 bits per heavy atom. The number of rotatable bonds is 4. The maximum atomic E-state index is 13.3. The smallest absolute Gasteiger partial charge is 0.141 e. The molecule has 0 spiro atoms. The Balaban J connectivity index is 2.53. The van der Waals surface area contributed by atoms with Crippen molar-refractivity contribution in [2.24, 2.45) is 0 Å². The van der Waals surface area contributed by atoms with E-state index in [1.807, 2.05) is 0 Å². The maximum absolute atomic E-state index is 13.3. The Morgan fingerprint density at radius 3 is 2.10 bits per heavy atom. The Morgan fingerprint density at radius 2 is 1.60 bits per heavy atom. The van der Waals surface area contributed by atoms with E-state index in [4.69, 9.17) is 9.47 Å². The first-order valence-electron chi connectivity index (χ1n) is 6.04. The zero-order valence-electron chi connectivity index (χ0n) is 11.6. The lowest BCUT2D eigenvalue weighted by Crippen LogP contribution is -2.23. The van der Waals surface area contributed by atoms with E-state index in [2.05, 4.69) is 4.98 Å². The van der Waals surface area contributed by atoms with Crippen molar-refractivity contribution in [3.8, 4) is 11.5 Å². The molecule has 1 aromatic heterocycles. The lowest BCUT2D eigenvalue weighted by molar-refractivity contribution is 0.101. The lowest BCUT2D eigenvalue weighted by atomic mass is 9.89. The van der Waals surface area contributed by atoms with Crippen LogP contribution in [0, 0.1) is 5.82 Å². The normalized spacial score (nSPS) is 13.7. The zero-order chi connectivity index (χ0) is 14.8. The summed E-state index contributed by atoms with van der Waals surface area (Å²) in [5.41, 5.74) is -0.523. The van der Waals surface area contributed by atoms with Gasteiger partial charge in [0.05, 0.1) is 20.4 Å². The molecule has 1 atom stereocenters. The van der Waals surface area contributed by atoms with Gasteiger partial charge in [0.1, 0.15) is 22.9 Å². The third-order valence-electron chi connectivity index (χ3n) is 3.18. The highest BCUT2D eigenvalue weighted by molar-refractivity contribution is 5.44. The highest BCUT2D eigenvalue weighted by Gasteiger charge is 2.27. The van der Waals surface area contributed by atoms with Crippen molar-refractivity contribution in [2.45, 2.75) is 12.5 Å². The van der Waals surface area contributed by atoms with Gasteiger partial charge in [-0.25, -0.2) is 4.39 Å². The summed E-state index contributed by atoms with van der Waals surface area (Å²) in [6.45, 7) is 1.57. The minimum absolute atomic E-state index is 0.354. The van der Waals surface area contributed by atoms with Gasteiger partial charge in [-0.3, -0.25) is 4.98 Å². The summed E-state index contributed by atoms with van der Waals surface area (Å²) in [7, 11) is 3.05. The number of methoxy groups -OCH3 is 2. The highest BCUT2D eigenvalue weighted by atomic mass is 19.1.